The standard InChI is InChI=1S/C15H26N4/c1-4-10-19-11-7-13(8-12-19)17-14-6-5-9-16-15(14)18(2)3/h5-6,9,13,17H,4,7-8,10-12H2,1-3H3. The number of hydrogen-bond donors (Lipinski definition) is 1. The van der Waals surface area contributed by atoms with E-state index >= 15 is 0 Å². The van der Waals surface area contributed by atoms with Crippen LogP contribution in [-0.4, -0.2) is 49.7 Å². The second-order valence-corrected chi connectivity index (χ2v) is 5.53. The van der Waals surface area contributed by atoms with Crippen LogP contribution in [0.25, 0.3) is 0 Å². The van der Waals surface area contributed by atoms with Crippen molar-refractivity contribution >= 4 is 11.5 Å². The zero-order chi connectivity index (χ0) is 13.7. The summed E-state index contributed by atoms with van der Waals surface area (Å²) in [4.78, 5) is 9.07. The van der Waals surface area contributed by atoms with Crippen molar-refractivity contribution in [3.05, 3.63) is 18.3 Å². The highest BCUT2D eigenvalue weighted by Crippen LogP contribution is 2.24. The Morgan fingerprint density at radius 1 is 1.37 bits per heavy atom. The maximum absolute atomic E-state index is 4.44. The van der Waals surface area contributed by atoms with Gasteiger partial charge >= 0.3 is 0 Å². The summed E-state index contributed by atoms with van der Waals surface area (Å²) in [7, 11) is 4.08. The van der Waals surface area contributed by atoms with Crippen molar-refractivity contribution < 1.29 is 0 Å². The molecule has 4 nitrogen and oxygen atoms in total. The lowest BCUT2D eigenvalue weighted by Gasteiger charge is -2.33. The number of nitrogens with zero attached hydrogens (tertiary/aromatic N) is 3. The van der Waals surface area contributed by atoms with Gasteiger partial charge in [0.25, 0.3) is 0 Å². The first kappa shape index (κ1) is 14.1. The van der Waals surface area contributed by atoms with E-state index in [4.69, 9.17) is 0 Å². The van der Waals surface area contributed by atoms with E-state index in [1.165, 1.54) is 38.9 Å². The molecule has 1 saturated heterocycles. The third kappa shape index (κ3) is 3.83. The molecular weight excluding hydrogens is 236 g/mol. The van der Waals surface area contributed by atoms with Crippen LogP contribution < -0.4 is 10.2 Å². The van der Waals surface area contributed by atoms with Crippen molar-refractivity contribution in [2.24, 2.45) is 0 Å². The zero-order valence-electron chi connectivity index (χ0n) is 12.4. The van der Waals surface area contributed by atoms with E-state index in [1.54, 1.807) is 0 Å². The van der Waals surface area contributed by atoms with Gasteiger partial charge in [-0.05, 0) is 37.9 Å². The molecule has 0 amide bonds. The maximum Gasteiger partial charge on any atom is 0.151 e. The molecule has 1 N–H and O–H groups in total. The summed E-state index contributed by atoms with van der Waals surface area (Å²) in [6, 6.07) is 4.71. The van der Waals surface area contributed by atoms with Crippen LogP contribution in [0, 0.1) is 0 Å². The van der Waals surface area contributed by atoms with Gasteiger partial charge in [-0.25, -0.2) is 4.98 Å². The molecule has 0 aromatic carbocycles. The topological polar surface area (TPSA) is 31.4 Å². The van der Waals surface area contributed by atoms with E-state index in [9.17, 15) is 0 Å². The third-order valence-corrected chi connectivity index (χ3v) is 3.70. The molecule has 19 heavy (non-hydrogen) atoms. The van der Waals surface area contributed by atoms with Crippen LogP contribution in [0.2, 0.25) is 0 Å². The van der Waals surface area contributed by atoms with Crippen molar-refractivity contribution in [1.82, 2.24) is 9.88 Å². The highest BCUT2D eigenvalue weighted by Gasteiger charge is 2.19. The average molecular weight is 262 g/mol. The minimum atomic E-state index is 0.580. The Morgan fingerprint density at radius 2 is 2.11 bits per heavy atom. The predicted molar refractivity (Wildman–Crippen MR) is 81.9 cm³/mol. The normalized spacial score (nSPS) is 17.4. The molecule has 1 fully saturated rings. The largest absolute Gasteiger partial charge is 0.379 e. The Kier molecular flexibility index (Phi) is 5.02. The van der Waals surface area contributed by atoms with Gasteiger partial charge in [0.15, 0.2) is 5.82 Å². The highest BCUT2D eigenvalue weighted by molar-refractivity contribution is 5.65. The van der Waals surface area contributed by atoms with Gasteiger partial charge in [-0.3, -0.25) is 0 Å². The van der Waals surface area contributed by atoms with Crippen molar-refractivity contribution in [2.75, 3.05) is 43.9 Å². The first-order chi connectivity index (χ1) is 9.20. The van der Waals surface area contributed by atoms with Gasteiger partial charge in [0, 0.05) is 39.4 Å². The first-order valence-corrected chi connectivity index (χ1v) is 7.32. The van der Waals surface area contributed by atoms with E-state index in [0.29, 0.717) is 6.04 Å². The second-order valence-electron chi connectivity index (χ2n) is 5.53. The fraction of sp³-hybridized carbons (Fsp3) is 0.667. The maximum atomic E-state index is 4.44. The summed E-state index contributed by atoms with van der Waals surface area (Å²) in [5.74, 6) is 1.03. The van der Waals surface area contributed by atoms with Crippen LogP contribution in [0.5, 0.6) is 0 Å². The molecule has 0 aliphatic carbocycles. The molecule has 1 aromatic heterocycles. The smallest absolute Gasteiger partial charge is 0.151 e. The molecule has 2 rings (SSSR count). The quantitative estimate of drug-likeness (QED) is 0.883. The molecule has 0 radical (unpaired) electrons. The minimum absolute atomic E-state index is 0.580. The number of piperidine rings is 1. The van der Waals surface area contributed by atoms with E-state index in [-0.39, 0.29) is 0 Å². The summed E-state index contributed by atoms with van der Waals surface area (Å²) in [5, 5.41) is 3.66. The number of pyridine rings is 1. The Morgan fingerprint density at radius 3 is 2.74 bits per heavy atom. The van der Waals surface area contributed by atoms with Crippen LogP contribution in [0.15, 0.2) is 18.3 Å². The van der Waals surface area contributed by atoms with Crippen molar-refractivity contribution in [2.45, 2.75) is 32.2 Å². The molecule has 4 heteroatoms. The van der Waals surface area contributed by atoms with Gasteiger partial charge in [-0.15, -0.1) is 0 Å². The van der Waals surface area contributed by atoms with Gasteiger partial charge in [0.1, 0.15) is 0 Å². The Labute approximate surface area is 116 Å². The number of likely N-dealkylation sites (tertiary alicyclic amines) is 1. The SMILES string of the molecule is CCCN1CCC(Nc2cccnc2N(C)C)CC1. The lowest BCUT2D eigenvalue weighted by Crippen LogP contribution is -2.39. The van der Waals surface area contributed by atoms with Gasteiger partial charge < -0.3 is 15.1 Å². The van der Waals surface area contributed by atoms with Crippen LogP contribution >= 0.6 is 0 Å². The van der Waals surface area contributed by atoms with E-state index in [1.807, 2.05) is 26.4 Å². The molecule has 106 valence electrons. The molecule has 0 unspecified atom stereocenters. The Balaban J connectivity index is 1.92. The Bertz CT molecular complexity index is 383. The summed E-state index contributed by atoms with van der Waals surface area (Å²) in [6.45, 7) is 5.91. The predicted octanol–water partition coefficient (Wildman–Crippen LogP) is 2.43. The molecule has 1 aliphatic heterocycles. The number of anilines is 2. The molecule has 1 aliphatic rings. The van der Waals surface area contributed by atoms with Crippen molar-refractivity contribution in [3.8, 4) is 0 Å². The van der Waals surface area contributed by atoms with Crippen LogP contribution in [0.4, 0.5) is 11.5 Å². The molecule has 1 aromatic rings. The molecular formula is C15H26N4. The summed E-state index contributed by atoms with van der Waals surface area (Å²) >= 11 is 0. The Hall–Kier alpha value is -1.29. The summed E-state index contributed by atoms with van der Waals surface area (Å²) < 4.78 is 0. The second kappa shape index (κ2) is 6.75. The molecule has 0 atom stereocenters. The molecule has 0 bridgehead atoms. The first-order valence-electron chi connectivity index (χ1n) is 7.32. The molecule has 2 heterocycles. The van der Waals surface area contributed by atoms with Gasteiger partial charge in [-0.1, -0.05) is 6.92 Å². The average Bonchev–Trinajstić information content (AvgIpc) is 2.42. The molecule has 0 spiro atoms. The summed E-state index contributed by atoms with van der Waals surface area (Å²) in [6.07, 6.45) is 5.55. The number of rotatable bonds is 5. The van der Waals surface area contributed by atoms with Crippen LogP contribution in [0.1, 0.15) is 26.2 Å². The molecule has 0 saturated carbocycles. The van der Waals surface area contributed by atoms with Crippen LogP contribution in [0.3, 0.4) is 0 Å². The van der Waals surface area contributed by atoms with Crippen molar-refractivity contribution in [1.29, 1.82) is 0 Å². The minimum Gasteiger partial charge on any atom is -0.379 e. The number of hydrogen-bond acceptors (Lipinski definition) is 4. The van der Waals surface area contributed by atoms with Gasteiger partial charge in [-0.2, -0.15) is 0 Å². The number of aromatic nitrogens is 1. The van der Waals surface area contributed by atoms with Crippen LogP contribution in [-0.2, 0) is 0 Å². The highest BCUT2D eigenvalue weighted by atomic mass is 15.2. The monoisotopic (exact) mass is 262 g/mol. The summed E-state index contributed by atoms with van der Waals surface area (Å²) in [5.41, 5.74) is 1.15. The fourth-order valence-electron chi connectivity index (χ4n) is 2.70. The lowest BCUT2D eigenvalue weighted by atomic mass is 10.0. The van der Waals surface area contributed by atoms with Gasteiger partial charge in [0.2, 0.25) is 0 Å². The van der Waals surface area contributed by atoms with Crippen molar-refractivity contribution in [3.63, 3.8) is 0 Å². The van der Waals surface area contributed by atoms with E-state index in [0.717, 1.165) is 11.5 Å². The zero-order valence-corrected chi connectivity index (χ0v) is 12.4. The number of nitrogens with one attached hydrogen (secondary N) is 1. The van der Waals surface area contributed by atoms with E-state index < -0.39 is 0 Å². The fourth-order valence-corrected chi connectivity index (χ4v) is 2.70. The third-order valence-electron chi connectivity index (χ3n) is 3.70. The lowest BCUT2D eigenvalue weighted by molar-refractivity contribution is 0.219. The van der Waals surface area contributed by atoms with Gasteiger partial charge in [0.05, 0.1) is 5.69 Å². The van der Waals surface area contributed by atoms with E-state index in [2.05, 4.69) is 33.1 Å².